The molecule has 1 aromatic heterocycles. The monoisotopic (exact) mass is 402 g/mol. The molecule has 0 spiro atoms. The first-order valence-corrected chi connectivity index (χ1v) is 8.30. The number of carbonyl (C=O) groups excluding carboxylic acids is 1. The van der Waals surface area contributed by atoms with E-state index < -0.39 is 6.04 Å². The third-order valence-electron chi connectivity index (χ3n) is 3.65. The molecule has 0 aliphatic rings. The second-order valence-corrected chi connectivity index (χ2v) is 5.84. The lowest BCUT2D eigenvalue weighted by Gasteiger charge is -2.16. The minimum absolute atomic E-state index is 0. The zero-order valence-electron chi connectivity index (χ0n) is 15.2. The largest absolute Gasteiger partial charge is 0.493 e. The number of methoxy groups -OCH3 is 1. The van der Waals surface area contributed by atoms with Gasteiger partial charge in [0.15, 0.2) is 11.5 Å². The highest BCUT2D eigenvalue weighted by molar-refractivity contribution is 6.32. The Morgan fingerprint density at radius 2 is 2.15 bits per heavy atom. The number of hydrogen-bond donors (Lipinski definition) is 2. The van der Waals surface area contributed by atoms with Crippen molar-refractivity contribution in [1.82, 2.24) is 20.4 Å². The van der Waals surface area contributed by atoms with Gasteiger partial charge in [0.2, 0.25) is 5.91 Å². The van der Waals surface area contributed by atoms with E-state index >= 15 is 0 Å². The summed E-state index contributed by atoms with van der Waals surface area (Å²) in [4.78, 5) is 12.5. The van der Waals surface area contributed by atoms with Crippen molar-refractivity contribution in [2.24, 2.45) is 7.05 Å². The molecule has 0 saturated carbocycles. The fraction of sp³-hybridized carbons (Fsp3) is 0.412. The van der Waals surface area contributed by atoms with Gasteiger partial charge in [0.1, 0.15) is 6.04 Å². The number of amides is 1. The van der Waals surface area contributed by atoms with Gasteiger partial charge < -0.3 is 20.1 Å². The molecular weight excluding hydrogens is 379 g/mol. The first kappa shape index (κ1) is 22.1. The molecule has 1 heterocycles. The van der Waals surface area contributed by atoms with E-state index in [1.165, 1.54) is 0 Å². The fourth-order valence-corrected chi connectivity index (χ4v) is 2.78. The number of benzene rings is 1. The standard InChI is InChI=1S/C17H23ClN4O3.ClH/c1-5-25-16-13(18)6-11(7-14(16)24-4)8-20-17(23)15(19-2)12-9-21-22(3)10-12;/h6-7,9-10,15,19H,5,8H2,1-4H3,(H,20,23);1H. The van der Waals surface area contributed by atoms with Gasteiger partial charge in [-0.25, -0.2) is 0 Å². The van der Waals surface area contributed by atoms with Gasteiger partial charge in [-0.1, -0.05) is 11.6 Å². The molecule has 26 heavy (non-hydrogen) atoms. The summed E-state index contributed by atoms with van der Waals surface area (Å²) in [6.07, 6.45) is 3.47. The van der Waals surface area contributed by atoms with Crippen molar-refractivity contribution in [3.63, 3.8) is 0 Å². The number of halogens is 2. The van der Waals surface area contributed by atoms with Gasteiger partial charge in [-0.2, -0.15) is 5.10 Å². The van der Waals surface area contributed by atoms with Crippen LogP contribution in [-0.4, -0.2) is 36.5 Å². The van der Waals surface area contributed by atoms with Crippen LogP contribution in [0, 0.1) is 0 Å². The average Bonchev–Trinajstić information content (AvgIpc) is 3.01. The molecule has 1 aromatic carbocycles. The predicted octanol–water partition coefficient (Wildman–Crippen LogP) is 2.48. The Bertz CT molecular complexity index is 737. The van der Waals surface area contributed by atoms with E-state index in [-0.39, 0.29) is 18.3 Å². The lowest BCUT2D eigenvalue weighted by atomic mass is 10.1. The molecule has 144 valence electrons. The van der Waals surface area contributed by atoms with Crippen LogP contribution in [0.1, 0.15) is 24.1 Å². The minimum atomic E-state index is -0.478. The van der Waals surface area contributed by atoms with Crippen LogP contribution in [0.2, 0.25) is 5.02 Å². The van der Waals surface area contributed by atoms with E-state index in [4.69, 9.17) is 21.1 Å². The van der Waals surface area contributed by atoms with Crippen LogP contribution < -0.4 is 20.1 Å². The van der Waals surface area contributed by atoms with Gasteiger partial charge in [0.05, 0.1) is 24.9 Å². The summed E-state index contributed by atoms with van der Waals surface area (Å²) in [6.45, 7) is 2.68. The van der Waals surface area contributed by atoms with Gasteiger partial charge in [0, 0.05) is 25.4 Å². The van der Waals surface area contributed by atoms with Crippen LogP contribution in [-0.2, 0) is 18.4 Å². The number of hydrogen-bond acceptors (Lipinski definition) is 5. The van der Waals surface area contributed by atoms with Gasteiger partial charge in [-0.3, -0.25) is 9.48 Å². The Labute approximate surface area is 164 Å². The molecule has 0 bridgehead atoms. The van der Waals surface area contributed by atoms with Crippen molar-refractivity contribution in [1.29, 1.82) is 0 Å². The van der Waals surface area contributed by atoms with E-state index in [0.29, 0.717) is 29.7 Å². The summed E-state index contributed by atoms with van der Waals surface area (Å²) in [5.74, 6) is 0.890. The highest BCUT2D eigenvalue weighted by Gasteiger charge is 2.20. The molecule has 1 amide bonds. The van der Waals surface area contributed by atoms with Gasteiger partial charge in [-0.15, -0.1) is 12.4 Å². The minimum Gasteiger partial charge on any atom is -0.493 e. The molecule has 0 fully saturated rings. The Morgan fingerprint density at radius 3 is 2.69 bits per heavy atom. The SMILES string of the molecule is CCOc1c(Cl)cc(CNC(=O)C(NC)c2cnn(C)c2)cc1OC.Cl. The maximum atomic E-state index is 12.5. The maximum absolute atomic E-state index is 12.5. The van der Waals surface area contributed by atoms with E-state index in [0.717, 1.165) is 11.1 Å². The average molecular weight is 403 g/mol. The molecule has 0 radical (unpaired) electrons. The number of aromatic nitrogens is 2. The highest BCUT2D eigenvalue weighted by Crippen LogP contribution is 2.36. The lowest BCUT2D eigenvalue weighted by Crippen LogP contribution is -2.35. The molecule has 1 unspecified atom stereocenters. The van der Waals surface area contributed by atoms with Crippen LogP contribution in [0.5, 0.6) is 11.5 Å². The summed E-state index contributed by atoms with van der Waals surface area (Å²) in [6, 6.07) is 3.08. The van der Waals surface area contributed by atoms with Crippen LogP contribution in [0.3, 0.4) is 0 Å². The van der Waals surface area contributed by atoms with Crippen LogP contribution >= 0.6 is 24.0 Å². The van der Waals surface area contributed by atoms with Crippen molar-refractivity contribution in [2.75, 3.05) is 20.8 Å². The molecule has 1 atom stereocenters. The molecule has 0 saturated heterocycles. The third-order valence-corrected chi connectivity index (χ3v) is 3.93. The normalized spacial score (nSPS) is 11.4. The summed E-state index contributed by atoms with van der Waals surface area (Å²) in [5, 5.41) is 10.4. The smallest absolute Gasteiger partial charge is 0.242 e. The first-order valence-electron chi connectivity index (χ1n) is 7.92. The van der Waals surface area contributed by atoms with Crippen molar-refractivity contribution < 1.29 is 14.3 Å². The molecule has 0 aliphatic heterocycles. The van der Waals surface area contributed by atoms with Gasteiger partial charge in [-0.05, 0) is 31.7 Å². The maximum Gasteiger partial charge on any atom is 0.242 e. The Kier molecular flexibility index (Phi) is 8.71. The van der Waals surface area contributed by atoms with Crippen molar-refractivity contribution in [2.45, 2.75) is 19.5 Å². The molecule has 9 heteroatoms. The molecule has 2 rings (SSSR count). The third kappa shape index (κ3) is 5.27. The number of likely N-dealkylation sites (N-methyl/N-ethyl adjacent to an activating group) is 1. The predicted molar refractivity (Wildman–Crippen MR) is 103 cm³/mol. The van der Waals surface area contributed by atoms with Gasteiger partial charge in [0.25, 0.3) is 0 Å². The summed E-state index contributed by atoms with van der Waals surface area (Å²) in [5.41, 5.74) is 1.62. The van der Waals surface area contributed by atoms with E-state index in [1.54, 1.807) is 43.4 Å². The number of rotatable bonds is 8. The summed E-state index contributed by atoms with van der Waals surface area (Å²) < 4.78 is 12.5. The van der Waals surface area contributed by atoms with Crippen LogP contribution in [0.15, 0.2) is 24.5 Å². The molecule has 7 nitrogen and oxygen atoms in total. The number of aryl methyl sites for hydroxylation is 1. The lowest BCUT2D eigenvalue weighted by molar-refractivity contribution is -0.123. The van der Waals surface area contributed by atoms with Crippen molar-refractivity contribution in [3.8, 4) is 11.5 Å². The Hall–Kier alpha value is -1.96. The van der Waals surface area contributed by atoms with Gasteiger partial charge >= 0.3 is 0 Å². The topological polar surface area (TPSA) is 77.4 Å². The van der Waals surface area contributed by atoms with Crippen molar-refractivity contribution in [3.05, 3.63) is 40.7 Å². The molecular formula is C17H24Cl2N4O3. The fourth-order valence-electron chi connectivity index (χ4n) is 2.49. The Morgan fingerprint density at radius 1 is 1.42 bits per heavy atom. The zero-order chi connectivity index (χ0) is 18.4. The number of ether oxygens (including phenoxy) is 2. The number of nitrogens with one attached hydrogen (secondary N) is 2. The highest BCUT2D eigenvalue weighted by atomic mass is 35.5. The first-order chi connectivity index (χ1) is 12.0. The zero-order valence-corrected chi connectivity index (χ0v) is 16.8. The van der Waals surface area contributed by atoms with E-state index in [1.807, 2.05) is 14.0 Å². The molecule has 2 N–H and O–H groups in total. The second kappa shape index (κ2) is 10.3. The van der Waals surface area contributed by atoms with Crippen LogP contribution in [0.25, 0.3) is 0 Å². The molecule has 2 aromatic rings. The quantitative estimate of drug-likeness (QED) is 0.708. The summed E-state index contributed by atoms with van der Waals surface area (Å²) >= 11 is 6.25. The second-order valence-electron chi connectivity index (χ2n) is 5.43. The van der Waals surface area contributed by atoms with E-state index in [9.17, 15) is 4.79 Å². The Balaban J connectivity index is 0.00000338. The van der Waals surface area contributed by atoms with Crippen LogP contribution in [0.4, 0.5) is 0 Å². The van der Waals surface area contributed by atoms with Crippen molar-refractivity contribution >= 4 is 29.9 Å². The molecule has 0 aliphatic carbocycles. The summed E-state index contributed by atoms with van der Waals surface area (Å²) in [7, 11) is 5.09. The number of carbonyl (C=O) groups is 1. The van der Waals surface area contributed by atoms with E-state index in [2.05, 4.69) is 15.7 Å². The number of nitrogens with zero attached hydrogens (tertiary/aromatic N) is 2.